The van der Waals surface area contributed by atoms with E-state index in [0.717, 1.165) is 17.2 Å². The molecular weight excluding hydrogens is 316 g/mol. The fourth-order valence-electron chi connectivity index (χ4n) is 1.84. The van der Waals surface area contributed by atoms with Crippen LogP contribution in [0.15, 0.2) is 34.8 Å². The number of fused-ring (bicyclic) bond motifs is 1. The molecule has 0 N–H and O–H groups in total. The van der Waals surface area contributed by atoms with Gasteiger partial charge in [0.25, 0.3) is 0 Å². The minimum absolute atomic E-state index is 0.395. The monoisotopic (exact) mass is 322 g/mol. The molecule has 6 heteroatoms. The molecule has 0 bridgehead atoms. The van der Waals surface area contributed by atoms with Crippen LogP contribution in [0.1, 0.15) is 5.82 Å². The zero-order valence-corrected chi connectivity index (χ0v) is 11.8. The molecule has 0 atom stereocenters. The normalized spacial score (nSPS) is 11.1. The molecule has 2 heterocycles. The highest BCUT2D eigenvalue weighted by molar-refractivity contribution is 9.10. The molecule has 0 fully saturated rings. The Morgan fingerprint density at radius 1 is 1.17 bits per heavy atom. The molecule has 0 radical (unpaired) electrons. The SMILES string of the molecule is Cc1nc(Cl)c(Br)c2nnc(-c3ccccc3)n12. The summed E-state index contributed by atoms with van der Waals surface area (Å²) in [5.74, 6) is 1.51. The van der Waals surface area contributed by atoms with E-state index in [1.54, 1.807) is 0 Å². The van der Waals surface area contributed by atoms with Crippen molar-refractivity contribution < 1.29 is 0 Å². The van der Waals surface area contributed by atoms with Crippen molar-refractivity contribution in [3.05, 3.63) is 45.8 Å². The van der Waals surface area contributed by atoms with Crippen molar-refractivity contribution >= 4 is 33.2 Å². The van der Waals surface area contributed by atoms with Gasteiger partial charge in [0.2, 0.25) is 0 Å². The number of rotatable bonds is 1. The number of hydrogen-bond donors (Lipinski definition) is 0. The second kappa shape index (κ2) is 4.33. The molecule has 0 aliphatic carbocycles. The van der Waals surface area contributed by atoms with Crippen LogP contribution < -0.4 is 0 Å². The molecule has 0 amide bonds. The maximum Gasteiger partial charge on any atom is 0.180 e. The van der Waals surface area contributed by atoms with Crippen molar-refractivity contribution in [3.63, 3.8) is 0 Å². The van der Waals surface area contributed by atoms with Gasteiger partial charge in [-0.1, -0.05) is 41.9 Å². The lowest BCUT2D eigenvalue weighted by molar-refractivity contribution is 0.983. The summed E-state index contributed by atoms with van der Waals surface area (Å²) in [7, 11) is 0. The largest absolute Gasteiger partial charge is 0.262 e. The van der Waals surface area contributed by atoms with E-state index in [9.17, 15) is 0 Å². The number of hydrogen-bond acceptors (Lipinski definition) is 3. The zero-order valence-electron chi connectivity index (χ0n) is 9.43. The van der Waals surface area contributed by atoms with Crippen LogP contribution in [-0.2, 0) is 0 Å². The molecular formula is C12H8BrClN4. The van der Waals surface area contributed by atoms with Crippen LogP contribution in [0, 0.1) is 6.92 Å². The molecule has 90 valence electrons. The average molecular weight is 324 g/mol. The Morgan fingerprint density at radius 3 is 2.61 bits per heavy atom. The molecule has 0 unspecified atom stereocenters. The van der Waals surface area contributed by atoms with E-state index in [1.807, 2.05) is 41.7 Å². The molecule has 18 heavy (non-hydrogen) atoms. The third kappa shape index (κ3) is 1.71. The number of benzene rings is 1. The summed E-state index contributed by atoms with van der Waals surface area (Å²) in [4.78, 5) is 4.26. The summed E-state index contributed by atoms with van der Waals surface area (Å²) in [6.45, 7) is 1.88. The van der Waals surface area contributed by atoms with Crippen LogP contribution in [0.2, 0.25) is 5.15 Å². The first-order valence-electron chi connectivity index (χ1n) is 5.30. The summed E-state index contributed by atoms with van der Waals surface area (Å²) in [5, 5.41) is 8.77. The Bertz CT molecular complexity index is 724. The third-order valence-electron chi connectivity index (χ3n) is 2.66. The lowest BCUT2D eigenvalue weighted by atomic mass is 10.2. The van der Waals surface area contributed by atoms with Gasteiger partial charge in [-0.25, -0.2) is 4.98 Å². The highest BCUT2D eigenvalue weighted by Gasteiger charge is 2.15. The molecule has 0 saturated carbocycles. The fraction of sp³-hybridized carbons (Fsp3) is 0.0833. The molecule has 4 nitrogen and oxygen atoms in total. The van der Waals surface area contributed by atoms with E-state index < -0.39 is 0 Å². The number of aromatic nitrogens is 4. The first-order chi connectivity index (χ1) is 8.68. The lowest BCUT2D eigenvalue weighted by Gasteiger charge is -2.05. The van der Waals surface area contributed by atoms with Crippen molar-refractivity contribution in [2.24, 2.45) is 0 Å². The van der Waals surface area contributed by atoms with E-state index in [4.69, 9.17) is 11.6 Å². The second-order valence-electron chi connectivity index (χ2n) is 3.81. The maximum atomic E-state index is 6.01. The van der Waals surface area contributed by atoms with E-state index >= 15 is 0 Å². The van der Waals surface area contributed by atoms with Crippen molar-refractivity contribution in [3.8, 4) is 11.4 Å². The van der Waals surface area contributed by atoms with Crippen LogP contribution >= 0.6 is 27.5 Å². The van der Waals surface area contributed by atoms with Gasteiger partial charge >= 0.3 is 0 Å². The van der Waals surface area contributed by atoms with Crippen molar-refractivity contribution in [1.29, 1.82) is 0 Å². The zero-order chi connectivity index (χ0) is 12.7. The molecule has 0 aliphatic rings. The Morgan fingerprint density at radius 2 is 1.89 bits per heavy atom. The van der Waals surface area contributed by atoms with E-state index in [1.165, 1.54) is 0 Å². The second-order valence-corrected chi connectivity index (χ2v) is 4.96. The highest BCUT2D eigenvalue weighted by atomic mass is 79.9. The Labute approximate surface area is 117 Å². The topological polar surface area (TPSA) is 43.1 Å². The summed E-state index contributed by atoms with van der Waals surface area (Å²) in [6.07, 6.45) is 0. The predicted molar refractivity (Wildman–Crippen MR) is 73.7 cm³/mol. The highest BCUT2D eigenvalue weighted by Crippen LogP contribution is 2.28. The number of nitrogens with zero attached hydrogens (tertiary/aromatic N) is 4. The quantitative estimate of drug-likeness (QED) is 0.644. The molecule has 0 saturated heterocycles. The summed E-state index contributed by atoms with van der Waals surface area (Å²) in [5.41, 5.74) is 1.66. The lowest BCUT2D eigenvalue weighted by Crippen LogP contribution is -1.99. The fourth-order valence-corrected chi connectivity index (χ4v) is 2.39. The first-order valence-corrected chi connectivity index (χ1v) is 6.47. The predicted octanol–water partition coefficient (Wildman–Crippen LogP) is 3.52. The number of aryl methyl sites for hydroxylation is 1. The average Bonchev–Trinajstić information content (AvgIpc) is 2.82. The van der Waals surface area contributed by atoms with Gasteiger partial charge in [-0.15, -0.1) is 10.2 Å². The van der Waals surface area contributed by atoms with Crippen LogP contribution in [0.25, 0.3) is 17.0 Å². The maximum absolute atomic E-state index is 6.01. The summed E-state index contributed by atoms with van der Waals surface area (Å²) in [6, 6.07) is 9.86. The van der Waals surface area contributed by atoms with Gasteiger partial charge in [0.15, 0.2) is 11.5 Å². The van der Waals surface area contributed by atoms with Crippen LogP contribution in [-0.4, -0.2) is 19.6 Å². The van der Waals surface area contributed by atoms with Crippen LogP contribution in [0.3, 0.4) is 0 Å². The minimum atomic E-state index is 0.395. The van der Waals surface area contributed by atoms with Crippen LogP contribution in [0.4, 0.5) is 0 Å². The van der Waals surface area contributed by atoms with Gasteiger partial charge in [-0.05, 0) is 22.9 Å². The molecule has 0 aliphatic heterocycles. The van der Waals surface area contributed by atoms with Crippen molar-refractivity contribution in [1.82, 2.24) is 19.6 Å². The smallest absolute Gasteiger partial charge is 0.180 e. The summed E-state index contributed by atoms with van der Waals surface area (Å²) < 4.78 is 2.54. The Kier molecular flexibility index (Phi) is 2.80. The van der Waals surface area contributed by atoms with Crippen molar-refractivity contribution in [2.45, 2.75) is 6.92 Å². The standard InChI is InChI=1S/C12H8BrClN4/c1-7-15-10(14)9(13)12-17-16-11(18(7)12)8-5-3-2-4-6-8/h2-6H,1H3. The van der Waals surface area contributed by atoms with E-state index in [-0.39, 0.29) is 0 Å². The number of halogens is 2. The molecule has 0 spiro atoms. The Balaban J connectivity index is 2.37. The van der Waals surface area contributed by atoms with Gasteiger partial charge < -0.3 is 0 Å². The minimum Gasteiger partial charge on any atom is -0.262 e. The van der Waals surface area contributed by atoms with Gasteiger partial charge in [0, 0.05) is 5.56 Å². The van der Waals surface area contributed by atoms with Crippen molar-refractivity contribution in [2.75, 3.05) is 0 Å². The summed E-state index contributed by atoms with van der Waals surface area (Å²) >= 11 is 9.39. The third-order valence-corrected chi connectivity index (χ3v) is 3.89. The molecule has 1 aromatic carbocycles. The van der Waals surface area contributed by atoms with Gasteiger partial charge in [0.1, 0.15) is 15.5 Å². The van der Waals surface area contributed by atoms with Crippen LogP contribution in [0.5, 0.6) is 0 Å². The first kappa shape index (κ1) is 11.6. The van der Waals surface area contributed by atoms with E-state index in [2.05, 4.69) is 31.1 Å². The van der Waals surface area contributed by atoms with Gasteiger partial charge in [-0.3, -0.25) is 4.40 Å². The molecule has 3 rings (SSSR count). The molecule has 2 aromatic heterocycles. The van der Waals surface area contributed by atoms with E-state index in [0.29, 0.717) is 15.3 Å². The van der Waals surface area contributed by atoms with Gasteiger partial charge in [-0.2, -0.15) is 0 Å². The Hall–Kier alpha value is -1.46. The molecule has 3 aromatic rings. The van der Waals surface area contributed by atoms with Gasteiger partial charge in [0.05, 0.1) is 0 Å².